The van der Waals surface area contributed by atoms with Crippen LogP contribution in [0.5, 0.6) is 0 Å². The summed E-state index contributed by atoms with van der Waals surface area (Å²) in [6, 6.07) is 1.77. The Morgan fingerprint density at radius 2 is 2.47 bits per heavy atom. The van der Waals surface area contributed by atoms with E-state index < -0.39 is 0 Å². The van der Waals surface area contributed by atoms with E-state index >= 15 is 0 Å². The molecule has 1 N–H and O–H groups in total. The fraction of sp³-hybridized carbons (Fsp3) is 0.500. The van der Waals surface area contributed by atoms with Crippen molar-refractivity contribution in [1.29, 1.82) is 0 Å². The van der Waals surface area contributed by atoms with Crippen molar-refractivity contribution in [2.24, 2.45) is 5.92 Å². The highest BCUT2D eigenvalue weighted by molar-refractivity contribution is 7.80. The number of hydrogen-bond acceptors (Lipinski definition) is 4. The van der Waals surface area contributed by atoms with Crippen molar-refractivity contribution in [2.45, 2.75) is 11.3 Å². The van der Waals surface area contributed by atoms with E-state index in [4.69, 9.17) is 16.7 Å². The molecule has 0 bridgehead atoms. The van der Waals surface area contributed by atoms with Crippen molar-refractivity contribution in [3.8, 4) is 0 Å². The number of aromatic nitrogens is 1. The predicted octanol–water partition coefficient (Wildman–Crippen LogP) is 1.84. The van der Waals surface area contributed by atoms with Gasteiger partial charge in [-0.2, -0.15) is 0 Å². The van der Waals surface area contributed by atoms with E-state index in [1.165, 1.54) is 0 Å². The zero-order chi connectivity index (χ0) is 10.8. The lowest BCUT2D eigenvalue weighted by Gasteiger charge is -2.18. The molecule has 0 unspecified atom stereocenters. The van der Waals surface area contributed by atoms with Gasteiger partial charge in [0.05, 0.1) is 5.02 Å². The first-order valence-electron chi connectivity index (χ1n) is 4.91. The number of nitrogens with zero attached hydrogens (tertiary/aromatic N) is 2. The summed E-state index contributed by atoms with van der Waals surface area (Å²) in [5.41, 5.74) is 0. The normalized spacial score (nSPS) is 21.0. The van der Waals surface area contributed by atoms with Gasteiger partial charge in [-0.3, -0.25) is 0 Å². The molecule has 1 aromatic heterocycles. The van der Waals surface area contributed by atoms with Crippen LogP contribution in [0.25, 0.3) is 0 Å². The number of pyridine rings is 1. The molecular weight excluding hydrogens is 232 g/mol. The number of rotatable bonds is 2. The van der Waals surface area contributed by atoms with E-state index in [0.29, 0.717) is 10.9 Å². The van der Waals surface area contributed by atoms with Crippen molar-refractivity contribution < 1.29 is 5.11 Å². The summed E-state index contributed by atoms with van der Waals surface area (Å²) in [6.07, 6.45) is 2.70. The highest BCUT2D eigenvalue weighted by Gasteiger charge is 2.24. The van der Waals surface area contributed by atoms with Crippen LogP contribution in [0.2, 0.25) is 5.02 Å². The summed E-state index contributed by atoms with van der Waals surface area (Å²) < 4.78 is 0. The van der Waals surface area contributed by atoms with E-state index in [0.717, 1.165) is 30.2 Å². The SMILES string of the molecule is OC[C@@H]1CCN(c2nccc(S)c2Cl)C1. The summed E-state index contributed by atoms with van der Waals surface area (Å²) in [6.45, 7) is 1.95. The smallest absolute Gasteiger partial charge is 0.148 e. The molecule has 2 rings (SSSR count). The second-order valence-electron chi connectivity index (χ2n) is 3.75. The lowest BCUT2D eigenvalue weighted by atomic mass is 10.1. The topological polar surface area (TPSA) is 36.4 Å². The second-order valence-corrected chi connectivity index (χ2v) is 4.61. The summed E-state index contributed by atoms with van der Waals surface area (Å²) in [4.78, 5) is 7.10. The minimum Gasteiger partial charge on any atom is -0.396 e. The molecule has 1 saturated heterocycles. The van der Waals surface area contributed by atoms with Crippen molar-refractivity contribution in [2.75, 3.05) is 24.6 Å². The van der Waals surface area contributed by atoms with E-state index in [9.17, 15) is 0 Å². The van der Waals surface area contributed by atoms with Gasteiger partial charge in [-0.1, -0.05) is 11.6 Å². The largest absolute Gasteiger partial charge is 0.396 e. The Labute approximate surface area is 99.5 Å². The Morgan fingerprint density at radius 3 is 3.13 bits per heavy atom. The number of thiol groups is 1. The Kier molecular flexibility index (Phi) is 3.38. The number of aliphatic hydroxyl groups excluding tert-OH is 1. The van der Waals surface area contributed by atoms with Crippen LogP contribution in [0.1, 0.15) is 6.42 Å². The third kappa shape index (κ3) is 2.22. The van der Waals surface area contributed by atoms with Crippen LogP contribution < -0.4 is 4.90 Å². The van der Waals surface area contributed by atoms with Crippen LogP contribution in [0, 0.1) is 5.92 Å². The molecule has 0 aliphatic carbocycles. The highest BCUT2D eigenvalue weighted by Crippen LogP contribution is 2.32. The van der Waals surface area contributed by atoms with Gasteiger partial charge in [-0.25, -0.2) is 4.98 Å². The third-order valence-corrected chi connectivity index (χ3v) is 3.57. The predicted molar refractivity (Wildman–Crippen MR) is 63.9 cm³/mol. The average molecular weight is 245 g/mol. The first-order chi connectivity index (χ1) is 7.22. The molecule has 0 saturated carbocycles. The van der Waals surface area contributed by atoms with Crippen LogP contribution in [-0.4, -0.2) is 29.8 Å². The fourth-order valence-electron chi connectivity index (χ4n) is 1.82. The highest BCUT2D eigenvalue weighted by atomic mass is 35.5. The first-order valence-corrected chi connectivity index (χ1v) is 5.74. The van der Waals surface area contributed by atoms with Crippen LogP contribution in [0.15, 0.2) is 17.2 Å². The van der Waals surface area contributed by atoms with Crippen molar-refractivity contribution >= 4 is 30.0 Å². The molecule has 82 valence electrons. The van der Waals surface area contributed by atoms with Gasteiger partial charge in [0.15, 0.2) is 0 Å². The summed E-state index contributed by atoms with van der Waals surface area (Å²) in [7, 11) is 0. The monoisotopic (exact) mass is 244 g/mol. The molecular formula is C10H13ClN2OS. The van der Waals surface area contributed by atoms with Gasteiger partial charge in [-0.15, -0.1) is 12.6 Å². The van der Waals surface area contributed by atoms with Crippen molar-refractivity contribution in [3.63, 3.8) is 0 Å². The summed E-state index contributed by atoms with van der Waals surface area (Å²) in [5, 5.41) is 9.66. The Bertz CT molecular complexity index is 361. The Hall–Kier alpha value is -0.450. The lowest BCUT2D eigenvalue weighted by molar-refractivity contribution is 0.238. The van der Waals surface area contributed by atoms with Gasteiger partial charge in [0, 0.05) is 36.7 Å². The van der Waals surface area contributed by atoms with E-state index in [2.05, 4.69) is 22.5 Å². The fourth-order valence-corrected chi connectivity index (χ4v) is 2.22. The third-order valence-electron chi connectivity index (χ3n) is 2.69. The molecule has 15 heavy (non-hydrogen) atoms. The number of hydrogen-bond donors (Lipinski definition) is 2. The zero-order valence-electron chi connectivity index (χ0n) is 8.23. The summed E-state index contributed by atoms with van der Waals surface area (Å²) in [5.74, 6) is 1.12. The van der Waals surface area contributed by atoms with Crippen LogP contribution in [0.4, 0.5) is 5.82 Å². The Morgan fingerprint density at radius 1 is 1.67 bits per heavy atom. The minimum atomic E-state index is 0.231. The molecule has 0 aromatic carbocycles. The molecule has 1 fully saturated rings. The van der Waals surface area contributed by atoms with Crippen molar-refractivity contribution in [1.82, 2.24) is 4.98 Å². The maximum absolute atomic E-state index is 9.06. The molecule has 5 heteroatoms. The zero-order valence-corrected chi connectivity index (χ0v) is 9.88. The van der Waals surface area contributed by atoms with E-state index in [1.807, 2.05) is 0 Å². The van der Waals surface area contributed by atoms with Gasteiger partial charge in [0.25, 0.3) is 0 Å². The average Bonchev–Trinajstić information content (AvgIpc) is 2.70. The molecule has 1 aromatic rings. The Balaban J connectivity index is 2.20. The van der Waals surface area contributed by atoms with Crippen molar-refractivity contribution in [3.05, 3.63) is 17.3 Å². The van der Waals surface area contributed by atoms with Gasteiger partial charge in [-0.05, 0) is 12.5 Å². The van der Waals surface area contributed by atoms with E-state index in [-0.39, 0.29) is 6.61 Å². The molecule has 0 amide bonds. The number of aliphatic hydroxyl groups is 1. The molecule has 1 aliphatic rings. The molecule has 0 spiro atoms. The van der Waals surface area contributed by atoms with Gasteiger partial charge < -0.3 is 10.0 Å². The molecule has 1 aliphatic heterocycles. The molecule has 1 atom stereocenters. The van der Waals surface area contributed by atoms with Crippen LogP contribution >= 0.6 is 24.2 Å². The maximum atomic E-state index is 9.06. The quantitative estimate of drug-likeness (QED) is 0.780. The summed E-state index contributed by atoms with van der Waals surface area (Å²) >= 11 is 10.4. The molecule has 2 heterocycles. The van der Waals surface area contributed by atoms with E-state index in [1.54, 1.807) is 12.3 Å². The van der Waals surface area contributed by atoms with Gasteiger partial charge in [0.2, 0.25) is 0 Å². The minimum absolute atomic E-state index is 0.231. The van der Waals surface area contributed by atoms with Gasteiger partial charge in [0.1, 0.15) is 5.82 Å². The number of anilines is 1. The standard InChI is InChI=1S/C10H13ClN2OS/c11-9-8(15)1-3-12-10(9)13-4-2-7(5-13)6-14/h1,3,7,14H,2,4-6H2,(H,12,15)/t7-/m1/s1. The molecule has 0 radical (unpaired) electrons. The van der Waals surface area contributed by atoms with Crippen LogP contribution in [-0.2, 0) is 0 Å². The maximum Gasteiger partial charge on any atom is 0.148 e. The first kappa shape index (κ1) is 11.0. The molecule has 3 nitrogen and oxygen atoms in total. The second kappa shape index (κ2) is 4.60. The van der Waals surface area contributed by atoms with Crippen LogP contribution in [0.3, 0.4) is 0 Å². The lowest BCUT2D eigenvalue weighted by Crippen LogP contribution is -2.22. The van der Waals surface area contributed by atoms with Gasteiger partial charge >= 0.3 is 0 Å². The number of halogens is 1.